The van der Waals surface area contributed by atoms with E-state index in [1.165, 1.54) is 18.4 Å². The van der Waals surface area contributed by atoms with Crippen LogP contribution in [0.15, 0.2) is 34.6 Å². The molecule has 27 heavy (non-hydrogen) atoms. The third kappa shape index (κ3) is 4.04. The molecular formula is C21H25N3O3. The molecule has 1 aromatic heterocycles. The number of aromatic nitrogens is 2. The summed E-state index contributed by atoms with van der Waals surface area (Å²) in [5.74, 6) is 1.23. The largest absolute Gasteiger partial charge is 0.484 e. The first-order chi connectivity index (χ1) is 13.2. The fourth-order valence-electron chi connectivity index (χ4n) is 3.85. The highest BCUT2D eigenvalue weighted by Crippen LogP contribution is 2.20. The third-order valence-corrected chi connectivity index (χ3v) is 5.31. The van der Waals surface area contributed by atoms with E-state index in [-0.39, 0.29) is 18.1 Å². The average Bonchev–Trinajstić information content (AvgIpc) is 3.16. The van der Waals surface area contributed by atoms with Gasteiger partial charge in [-0.15, -0.1) is 0 Å². The van der Waals surface area contributed by atoms with Crippen molar-refractivity contribution in [2.45, 2.75) is 51.5 Å². The van der Waals surface area contributed by atoms with Gasteiger partial charge in [0, 0.05) is 19.5 Å². The molecule has 1 aliphatic carbocycles. The second-order valence-electron chi connectivity index (χ2n) is 7.26. The zero-order chi connectivity index (χ0) is 18.6. The highest BCUT2D eigenvalue weighted by atomic mass is 16.5. The smallest absolute Gasteiger partial charge is 0.261 e. The number of benzene rings is 1. The lowest BCUT2D eigenvalue weighted by atomic mass is 9.97. The van der Waals surface area contributed by atoms with Crippen molar-refractivity contribution in [1.29, 1.82) is 0 Å². The number of nitrogens with zero attached hydrogens (tertiary/aromatic N) is 2. The third-order valence-electron chi connectivity index (χ3n) is 5.31. The van der Waals surface area contributed by atoms with Gasteiger partial charge < -0.3 is 10.1 Å². The van der Waals surface area contributed by atoms with Crippen molar-refractivity contribution < 1.29 is 9.53 Å². The first-order valence-electron chi connectivity index (χ1n) is 9.81. The van der Waals surface area contributed by atoms with Crippen molar-refractivity contribution in [3.8, 4) is 5.75 Å². The van der Waals surface area contributed by atoms with Crippen LogP contribution in [0, 0.1) is 0 Å². The number of allylic oxidation sites excluding steroid dienone is 1. The molecule has 1 amide bonds. The predicted octanol–water partition coefficient (Wildman–Crippen LogP) is 2.73. The molecular weight excluding hydrogens is 342 g/mol. The lowest BCUT2D eigenvalue weighted by Gasteiger charge is -2.13. The molecule has 0 saturated carbocycles. The van der Waals surface area contributed by atoms with Gasteiger partial charge in [-0.1, -0.05) is 11.6 Å². The zero-order valence-electron chi connectivity index (χ0n) is 15.5. The first kappa shape index (κ1) is 17.8. The lowest BCUT2D eigenvalue weighted by Crippen LogP contribution is -2.30. The molecule has 1 aliphatic heterocycles. The molecule has 0 saturated heterocycles. The monoisotopic (exact) mass is 367 g/mol. The lowest BCUT2D eigenvalue weighted by molar-refractivity contribution is -0.123. The number of hydrogen-bond acceptors (Lipinski definition) is 4. The van der Waals surface area contributed by atoms with Gasteiger partial charge in [0.25, 0.3) is 11.5 Å². The van der Waals surface area contributed by atoms with Crippen LogP contribution in [0.1, 0.15) is 44.3 Å². The summed E-state index contributed by atoms with van der Waals surface area (Å²) >= 11 is 0. The average molecular weight is 367 g/mol. The zero-order valence-corrected chi connectivity index (χ0v) is 15.5. The molecule has 0 bridgehead atoms. The van der Waals surface area contributed by atoms with Crippen LogP contribution in [0.4, 0.5) is 0 Å². The van der Waals surface area contributed by atoms with E-state index in [4.69, 9.17) is 4.74 Å². The molecule has 0 radical (unpaired) electrons. The molecule has 2 aromatic rings. The van der Waals surface area contributed by atoms with E-state index in [2.05, 4.69) is 16.4 Å². The maximum Gasteiger partial charge on any atom is 0.261 e. The van der Waals surface area contributed by atoms with Gasteiger partial charge in [-0.25, -0.2) is 4.98 Å². The number of carbonyl (C=O) groups is 1. The van der Waals surface area contributed by atoms with E-state index in [1.54, 1.807) is 22.8 Å². The Morgan fingerprint density at radius 2 is 2.15 bits per heavy atom. The van der Waals surface area contributed by atoms with Gasteiger partial charge in [-0.2, -0.15) is 0 Å². The van der Waals surface area contributed by atoms with Crippen LogP contribution >= 0.6 is 0 Å². The molecule has 1 aromatic carbocycles. The van der Waals surface area contributed by atoms with Gasteiger partial charge in [-0.05, 0) is 56.7 Å². The van der Waals surface area contributed by atoms with Crippen molar-refractivity contribution in [1.82, 2.24) is 14.9 Å². The first-order valence-corrected chi connectivity index (χ1v) is 9.81. The van der Waals surface area contributed by atoms with Gasteiger partial charge in [0.05, 0.1) is 10.9 Å². The number of nitrogens with one attached hydrogen (secondary N) is 1. The Labute approximate surface area is 158 Å². The van der Waals surface area contributed by atoms with E-state index in [0.717, 1.165) is 44.5 Å². The van der Waals surface area contributed by atoms with Crippen molar-refractivity contribution >= 4 is 16.8 Å². The number of fused-ring (bicyclic) bond motifs is 2. The summed E-state index contributed by atoms with van der Waals surface area (Å²) in [5, 5.41) is 3.44. The molecule has 0 atom stereocenters. The fourth-order valence-corrected chi connectivity index (χ4v) is 3.85. The van der Waals surface area contributed by atoms with Gasteiger partial charge >= 0.3 is 0 Å². The highest BCUT2D eigenvalue weighted by Gasteiger charge is 2.16. The van der Waals surface area contributed by atoms with Gasteiger partial charge in [0.15, 0.2) is 6.61 Å². The Morgan fingerprint density at radius 3 is 3.00 bits per heavy atom. The van der Waals surface area contributed by atoms with Gasteiger partial charge in [0.2, 0.25) is 0 Å². The number of aryl methyl sites for hydroxylation is 1. The van der Waals surface area contributed by atoms with Crippen molar-refractivity contribution in [2.24, 2.45) is 0 Å². The molecule has 2 aliphatic rings. The molecule has 6 heteroatoms. The normalized spacial score (nSPS) is 16.1. The Morgan fingerprint density at radius 1 is 1.22 bits per heavy atom. The predicted molar refractivity (Wildman–Crippen MR) is 104 cm³/mol. The van der Waals surface area contributed by atoms with Crippen LogP contribution < -0.4 is 15.6 Å². The molecule has 4 rings (SSSR count). The minimum absolute atomic E-state index is 0.0249. The van der Waals surface area contributed by atoms with E-state index in [9.17, 15) is 9.59 Å². The Balaban J connectivity index is 1.34. The summed E-state index contributed by atoms with van der Waals surface area (Å²) in [4.78, 5) is 29.2. The maximum absolute atomic E-state index is 12.6. The van der Waals surface area contributed by atoms with Crippen LogP contribution in [0.25, 0.3) is 10.9 Å². The number of amides is 1. The fraction of sp³-hybridized carbons (Fsp3) is 0.476. The Kier molecular flexibility index (Phi) is 5.23. The summed E-state index contributed by atoms with van der Waals surface area (Å²) in [6.45, 7) is 1.31. The van der Waals surface area contributed by atoms with Gasteiger partial charge in [-0.3, -0.25) is 14.2 Å². The number of rotatable bonds is 6. The SMILES string of the molecule is O=C(COc1ccc2nc3n(c(=O)c2c1)CCC3)NCCC1=CCCCC1. The summed E-state index contributed by atoms with van der Waals surface area (Å²) in [6.07, 6.45) is 9.85. The van der Waals surface area contributed by atoms with Crippen LogP contribution in [0.3, 0.4) is 0 Å². The van der Waals surface area contributed by atoms with E-state index >= 15 is 0 Å². The van der Waals surface area contributed by atoms with Gasteiger partial charge in [0.1, 0.15) is 11.6 Å². The van der Waals surface area contributed by atoms with Crippen LogP contribution in [0.5, 0.6) is 5.75 Å². The summed E-state index contributed by atoms with van der Waals surface area (Å²) in [5.41, 5.74) is 2.10. The summed E-state index contributed by atoms with van der Waals surface area (Å²) in [6, 6.07) is 5.25. The standard InChI is InChI=1S/C21H25N3O3/c25-20(22-11-10-15-5-2-1-3-6-15)14-27-16-8-9-18-17(13-16)21(26)24-12-4-7-19(24)23-18/h5,8-9,13H,1-4,6-7,10-12,14H2,(H,22,25). The maximum atomic E-state index is 12.6. The molecule has 2 heterocycles. The van der Waals surface area contributed by atoms with E-state index < -0.39 is 0 Å². The Bertz CT molecular complexity index is 946. The second-order valence-corrected chi connectivity index (χ2v) is 7.26. The highest BCUT2D eigenvalue weighted by molar-refractivity contribution is 5.80. The van der Waals surface area contributed by atoms with Crippen LogP contribution in [-0.4, -0.2) is 28.6 Å². The molecule has 0 spiro atoms. The minimum Gasteiger partial charge on any atom is -0.484 e. The van der Waals surface area contributed by atoms with Crippen molar-refractivity contribution in [3.05, 3.63) is 46.0 Å². The Hall–Kier alpha value is -2.63. The number of ether oxygens (including phenoxy) is 1. The van der Waals surface area contributed by atoms with Crippen molar-refractivity contribution in [3.63, 3.8) is 0 Å². The molecule has 1 N–H and O–H groups in total. The summed E-state index contributed by atoms with van der Waals surface area (Å²) < 4.78 is 7.33. The van der Waals surface area contributed by atoms with Crippen LogP contribution in [-0.2, 0) is 17.8 Å². The molecule has 0 unspecified atom stereocenters. The second kappa shape index (κ2) is 7.94. The molecule has 6 nitrogen and oxygen atoms in total. The molecule has 0 fully saturated rings. The topological polar surface area (TPSA) is 73.2 Å². The quantitative estimate of drug-likeness (QED) is 0.797. The summed E-state index contributed by atoms with van der Waals surface area (Å²) in [7, 11) is 0. The van der Waals surface area contributed by atoms with E-state index in [1.807, 2.05) is 0 Å². The minimum atomic E-state index is -0.143. The van der Waals surface area contributed by atoms with Crippen molar-refractivity contribution in [2.75, 3.05) is 13.2 Å². The van der Waals surface area contributed by atoms with E-state index in [0.29, 0.717) is 23.2 Å². The number of hydrogen-bond donors (Lipinski definition) is 1. The number of carbonyl (C=O) groups excluding carboxylic acids is 1. The molecule has 142 valence electrons. The van der Waals surface area contributed by atoms with Crippen LogP contribution in [0.2, 0.25) is 0 Å².